The molecule has 1 aromatic carbocycles. The van der Waals surface area contributed by atoms with E-state index in [2.05, 4.69) is 38.8 Å². The van der Waals surface area contributed by atoms with Gasteiger partial charge in [0, 0.05) is 49.4 Å². The Bertz CT molecular complexity index is 1820. The third kappa shape index (κ3) is 6.94. The fourth-order valence-corrected chi connectivity index (χ4v) is 8.21. The number of nitrogens with one attached hydrogen (secondary N) is 2. The Morgan fingerprint density at radius 2 is 2.00 bits per heavy atom. The molecule has 12 nitrogen and oxygen atoms in total. The number of rotatable bonds is 14. The molecule has 1 aromatic heterocycles. The summed E-state index contributed by atoms with van der Waals surface area (Å²) in [5.74, 6) is -1.06. The molecule has 0 spiro atoms. The molecule has 1 saturated heterocycles. The highest BCUT2D eigenvalue weighted by atomic mass is 16.7. The van der Waals surface area contributed by atoms with Crippen LogP contribution < -0.4 is 22.1 Å². The number of pyridine rings is 1. The summed E-state index contributed by atoms with van der Waals surface area (Å²) in [6.45, 7) is 4.58. The SMILES string of the molecule is CCNC1C=C2C=CCCC2CC1C(CCCO)OC(=O)C12OC1(CC=C(C)CC(NC(N)=NC)c1ccnc(N)c1)C(=O)c1ccccc1C2=O. The van der Waals surface area contributed by atoms with Gasteiger partial charge >= 0.3 is 5.97 Å². The highest BCUT2D eigenvalue weighted by Gasteiger charge is 2.85. The molecule has 7 atom stereocenters. The number of aromatic nitrogens is 1. The highest BCUT2D eigenvalue weighted by molar-refractivity contribution is 6.32. The van der Waals surface area contributed by atoms with Crippen molar-refractivity contribution in [3.63, 3.8) is 0 Å². The number of likely N-dealkylation sites (N-methyl/N-ethyl adjacent to an activating group) is 1. The molecule has 6 rings (SSSR count). The number of nitrogen functional groups attached to an aromatic ring is 1. The molecule has 7 unspecified atom stereocenters. The van der Waals surface area contributed by atoms with Gasteiger partial charge < -0.3 is 36.7 Å². The average Bonchev–Trinajstić information content (AvgIpc) is 3.86. The van der Waals surface area contributed by atoms with Crippen molar-refractivity contribution in [2.45, 2.75) is 88.2 Å². The van der Waals surface area contributed by atoms with Gasteiger partial charge in [-0.1, -0.05) is 61.1 Å². The van der Waals surface area contributed by atoms with Crippen LogP contribution in [0, 0.1) is 11.8 Å². The van der Waals surface area contributed by atoms with Gasteiger partial charge in [-0.3, -0.25) is 14.6 Å². The number of aliphatic imine (C=N–C) groups is 1. The second-order valence-electron chi connectivity index (χ2n) is 14.2. The minimum absolute atomic E-state index is 0.0271. The Balaban J connectivity index is 1.31. The van der Waals surface area contributed by atoms with Crippen LogP contribution in [-0.4, -0.2) is 77.1 Å². The van der Waals surface area contributed by atoms with Crippen LogP contribution in [0.15, 0.2) is 83.0 Å². The second-order valence-corrected chi connectivity index (χ2v) is 14.2. The van der Waals surface area contributed by atoms with Crippen LogP contribution in [0.25, 0.3) is 0 Å². The van der Waals surface area contributed by atoms with Gasteiger partial charge in [-0.2, -0.15) is 0 Å². The van der Waals surface area contributed by atoms with Gasteiger partial charge in [-0.25, -0.2) is 9.78 Å². The van der Waals surface area contributed by atoms with Crippen molar-refractivity contribution in [3.8, 4) is 0 Å². The van der Waals surface area contributed by atoms with Crippen LogP contribution in [0.4, 0.5) is 5.82 Å². The number of carbonyl (C=O) groups is 3. The predicted octanol–water partition coefficient (Wildman–Crippen LogP) is 4.13. The van der Waals surface area contributed by atoms with Crippen molar-refractivity contribution in [1.29, 1.82) is 0 Å². The van der Waals surface area contributed by atoms with Gasteiger partial charge in [0.05, 0.1) is 6.04 Å². The largest absolute Gasteiger partial charge is 0.459 e. The molecule has 0 amide bonds. The molecular weight excluding hydrogens is 660 g/mol. The van der Waals surface area contributed by atoms with E-state index in [9.17, 15) is 19.5 Å². The third-order valence-electron chi connectivity index (χ3n) is 11.0. The number of nitrogens with zero attached hydrogens (tertiary/aromatic N) is 2. The molecular formula is C40H50N6O6. The van der Waals surface area contributed by atoms with Gasteiger partial charge in [0.1, 0.15) is 11.9 Å². The molecule has 3 aliphatic carbocycles. The number of benzene rings is 1. The van der Waals surface area contributed by atoms with E-state index in [1.165, 1.54) is 5.57 Å². The zero-order chi connectivity index (χ0) is 37.0. The zero-order valence-corrected chi connectivity index (χ0v) is 30.1. The number of epoxide rings is 1. The first-order valence-electron chi connectivity index (χ1n) is 18.3. The number of ketones is 2. The number of esters is 1. The van der Waals surface area contributed by atoms with Crippen molar-refractivity contribution in [2.75, 3.05) is 25.9 Å². The van der Waals surface area contributed by atoms with Crippen LogP contribution in [0.1, 0.15) is 91.1 Å². The fraction of sp³-hybridized carbons (Fsp3) is 0.475. The quantitative estimate of drug-likeness (QED) is 0.0473. The van der Waals surface area contributed by atoms with E-state index in [1.54, 1.807) is 43.6 Å². The monoisotopic (exact) mass is 710 g/mol. The first-order valence-corrected chi connectivity index (χ1v) is 18.3. The molecule has 1 aliphatic heterocycles. The number of anilines is 1. The Kier molecular flexibility index (Phi) is 11.1. The van der Waals surface area contributed by atoms with E-state index in [4.69, 9.17) is 20.9 Å². The number of fused-ring (bicyclic) bond motifs is 3. The van der Waals surface area contributed by atoms with E-state index in [1.807, 2.05) is 26.0 Å². The van der Waals surface area contributed by atoms with Crippen molar-refractivity contribution in [2.24, 2.45) is 22.6 Å². The summed E-state index contributed by atoms with van der Waals surface area (Å²) in [5, 5.41) is 16.6. The number of aliphatic hydroxyl groups is 1. The van der Waals surface area contributed by atoms with E-state index in [0.717, 1.165) is 30.4 Å². The molecule has 52 heavy (non-hydrogen) atoms. The van der Waals surface area contributed by atoms with Crippen LogP contribution in [0.2, 0.25) is 0 Å². The summed E-state index contributed by atoms with van der Waals surface area (Å²) < 4.78 is 12.6. The molecule has 276 valence electrons. The number of carbonyl (C=O) groups excluding carboxylic acids is 3. The Hall–Kier alpha value is -4.65. The van der Waals surface area contributed by atoms with E-state index < -0.39 is 34.8 Å². The first kappa shape index (κ1) is 37.1. The molecule has 7 N–H and O–H groups in total. The Labute approximate surface area is 304 Å². The minimum atomic E-state index is -2.12. The number of hydrogen-bond acceptors (Lipinski definition) is 10. The van der Waals surface area contributed by atoms with Crippen LogP contribution in [-0.2, 0) is 14.3 Å². The molecule has 12 heteroatoms. The second kappa shape index (κ2) is 15.5. The maximum Gasteiger partial charge on any atom is 0.350 e. The number of guanidine groups is 1. The van der Waals surface area contributed by atoms with Gasteiger partial charge in [0.25, 0.3) is 5.60 Å². The lowest BCUT2D eigenvalue weighted by molar-refractivity contribution is -0.158. The number of allylic oxidation sites excluding steroid dienone is 3. The lowest BCUT2D eigenvalue weighted by Crippen LogP contribution is -2.53. The number of aliphatic hydroxyl groups excluding tert-OH is 1. The number of nitrogens with two attached hydrogens (primary N) is 2. The highest BCUT2D eigenvalue weighted by Crippen LogP contribution is 2.59. The maximum absolute atomic E-state index is 14.6. The van der Waals surface area contributed by atoms with Crippen LogP contribution in [0.3, 0.4) is 0 Å². The molecule has 1 fully saturated rings. The average molecular weight is 711 g/mol. The maximum atomic E-state index is 14.6. The Morgan fingerprint density at radius 3 is 2.71 bits per heavy atom. The van der Waals surface area contributed by atoms with Crippen molar-refractivity contribution < 1.29 is 29.0 Å². The zero-order valence-electron chi connectivity index (χ0n) is 30.1. The molecule has 2 aromatic rings. The first-order chi connectivity index (χ1) is 25.1. The molecule has 0 saturated carbocycles. The number of Topliss-reactive ketones (excluding diaryl/α,β-unsaturated/α-hetero) is 2. The topological polar surface area (TPSA) is 195 Å². The summed E-state index contributed by atoms with van der Waals surface area (Å²) in [4.78, 5) is 51.4. The normalized spacial score (nSPS) is 27.8. The smallest absolute Gasteiger partial charge is 0.350 e. The van der Waals surface area contributed by atoms with E-state index in [-0.39, 0.29) is 48.1 Å². The lowest BCUT2D eigenvalue weighted by atomic mass is 9.71. The van der Waals surface area contributed by atoms with Crippen molar-refractivity contribution >= 4 is 29.3 Å². The van der Waals surface area contributed by atoms with Crippen molar-refractivity contribution in [1.82, 2.24) is 15.6 Å². The molecule has 4 aliphatic rings. The summed E-state index contributed by atoms with van der Waals surface area (Å²) in [6.07, 6.45) is 13.4. The van der Waals surface area contributed by atoms with Crippen LogP contribution >= 0.6 is 0 Å². The Morgan fingerprint density at radius 1 is 1.23 bits per heavy atom. The summed E-state index contributed by atoms with van der Waals surface area (Å²) in [7, 11) is 1.58. The minimum Gasteiger partial charge on any atom is -0.459 e. The summed E-state index contributed by atoms with van der Waals surface area (Å²) in [6, 6.07) is 9.70. The van der Waals surface area contributed by atoms with Gasteiger partial charge in [0.15, 0.2) is 17.3 Å². The fourth-order valence-electron chi connectivity index (χ4n) is 8.21. The summed E-state index contributed by atoms with van der Waals surface area (Å²) >= 11 is 0. The third-order valence-corrected chi connectivity index (χ3v) is 11.0. The molecule has 0 radical (unpaired) electrons. The van der Waals surface area contributed by atoms with E-state index >= 15 is 0 Å². The summed E-state index contributed by atoms with van der Waals surface area (Å²) in [5.41, 5.74) is 11.5. The van der Waals surface area contributed by atoms with Crippen molar-refractivity contribution in [3.05, 3.63) is 94.7 Å². The molecule has 2 heterocycles. The predicted molar refractivity (Wildman–Crippen MR) is 198 cm³/mol. The van der Waals surface area contributed by atoms with Gasteiger partial charge in [-0.15, -0.1) is 0 Å². The van der Waals surface area contributed by atoms with Crippen LogP contribution in [0.5, 0.6) is 0 Å². The van der Waals surface area contributed by atoms with Gasteiger partial charge in [0.2, 0.25) is 5.78 Å². The van der Waals surface area contributed by atoms with E-state index in [0.29, 0.717) is 37.5 Å². The number of hydrogen-bond donors (Lipinski definition) is 5. The number of ether oxygens (including phenoxy) is 2. The lowest BCUT2D eigenvalue weighted by Gasteiger charge is -2.40. The molecule has 0 bridgehead atoms. The standard InChI is InChI=1S/C40H50N6O6/c1-4-44-32-22-26-11-6-5-10-25(26)21-30(32)33(14-9-19-47)51-37(50)40-36(49)29-13-8-7-12-28(29)35(48)39(40,52-40)17-15-24(2)20-31(46-38(42)43-3)27-16-18-45-34(41)23-27/h6-8,11-13,15-16,18,22-23,25,30-33,44,47H,4-5,9-10,14,17,19-21H2,1-3H3,(H2,41,45)(H3,42,43,46). The van der Waals surface area contributed by atoms with Gasteiger partial charge in [-0.05, 0) is 81.2 Å².